The van der Waals surface area contributed by atoms with Crippen LogP contribution < -0.4 is 0 Å². The van der Waals surface area contributed by atoms with Gasteiger partial charge >= 0.3 is 6.09 Å². The molecule has 0 aromatic carbocycles. The van der Waals surface area contributed by atoms with Crippen LogP contribution in [-0.2, 0) is 14.3 Å². The van der Waals surface area contributed by atoms with Crippen LogP contribution >= 0.6 is 0 Å². The normalized spacial score (nSPS) is 23.9. The van der Waals surface area contributed by atoms with E-state index < -0.39 is 18.0 Å². The lowest BCUT2D eigenvalue weighted by Crippen LogP contribution is -2.43. The van der Waals surface area contributed by atoms with Crippen LogP contribution in [0.5, 0.6) is 0 Å². The van der Waals surface area contributed by atoms with Gasteiger partial charge in [0.25, 0.3) is 0 Å². The Morgan fingerprint density at radius 2 is 2.11 bits per heavy atom. The fourth-order valence-corrected chi connectivity index (χ4v) is 1.92. The number of aliphatic hydroxyl groups excluding tert-OH is 1. The summed E-state index contributed by atoms with van der Waals surface area (Å²) < 4.78 is 10.3. The summed E-state index contributed by atoms with van der Waals surface area (Å²) in [6.45, 7) is 5.43. The molecule has 0 aliphatic carbocycles. The number of carbonyl (C=O) groups is 2. The van der Waals surface area contributed by atoms with Crippen molar-refractivity contribution in [3.05, 3.63) is 11.3 Å². The van der Waals surface area contributed by atoms with E-state index in [0.29, 0.717) is 11.3 Å². The van der Waals surface area contributed by atoms with E-state index >= 15 is 0 Å². The van der Waals surface area contributed by atoms with Crippen LogP contribution in [0.4, 0.5) is 4.79 Å². The monoisotopic (exact) mass is 255 g/mol. The average molecular weight is 255 g/mol. The summed E-state index contributed by atoms with van der Waals surface area (Å²) >= 11 is 0. The van der Waals surface area contributed by atoms with Gasteiger partial charge in [-0.2, -0.15) is 0 Å². The van der Waals surface area contributed by atoms with Crippen molar-refractivity contribution in [3.8, 4) is 0 Å². The molecule has 2 heterocycles. The molecule has 6 heteroatoms. The molecule has 0 saturated carbocycles. The smallest absolute Gasteiger partial charge is 0.411 e. The zero-order valence-electron chi connectivity index (χ0n) is 10.7. The quantitative estimate of drug-likeness (QED) is 0.693. The van der Waals surface area contributed by atoms with Crippen molar-refractivity contribution >= 4 is 11.9 Å². The molecule has 2 aliphatic rings. The minimum Gasteiger partial charge on any atom is -0.467 e. The Hall–Kier alpha value is -1.56. The standard InChI is InChI=1S/C12H17NO5/c1-12(2,3)18-11(16)13-5-8(14)7-4-10(15)17-9(7)6-13/h10,15H,4-6H2,1-3H3. The summed E-state index contributed by atoms with van der Waals surface area (Å²) in [6.07, 6.45) is -1.32. The van der Waals surface area contributed by atoms with Gasteiger partial charge in [0.05, 0.1) is 13.1 Å². The highest BCUT2D eigenvalue weighted by Gasteiger charge is 2.37. The maximum atomic E-state index is 11.8. The number of ketones is 1. The number of carbonyl (C=O) groups excluding carboxylic acids is 2. The van der Waals surface area contributed by atoms with Crippen LogP contribution in [0.3, 0.4) is 0 Å². The van der Waals surface area contributed by atoms with E-state index in [-0.39, 0.29) is 25.3 Å². The minimum atomic E-state index is -0.975. The highest BCUT2D eigenvalue weighted by molar-refractivity contribution is 6.00. The minimum absolute atomic E-state index is 0.0240. The lowest BCUT2D eigenvalue weighted by Gasteiger charge is -2.29. The van der Waals surface area contributed by atoms with Gasteiger partial charge < -0.3 is 14.6 Å². The molecule has 0 aromatic rings. The molecule has 18 heavy (non-hydrogen) atoms. The molecule has 2 rings (SSSR count). The van der Waals surface area contributed by atoms with Gasteiger partial charge in [-0.1, -0.05) is 0 Å². The molecule has 0 fully saturated rings. The highest BCUT2D eigenvalue weighted by Crippen LogP contribution is 2.29. The van der Waals surface area contributed by atoms with Crippen molar-refractivity contribution in [2.75, 3.05) is 13.1 Å². The summed E-state index contributed by atoms with van der Waals surface area (Å²) in [5.41, 5.74) is -0.118. The van der Waals surface area contributed by atoms with E-state index in [0.717, 1.165) is 0 Å². The third-order valence-corrected chi connectivity index (χ3v) is 2.65. The van der Waals surface area contributed by atoms with Gasteiger partial charge in [0.15, 0.2) is 5.78 Å². The van der Waals surface area contributed by atoms with Crippen molar-refractivity contribution in [1.29, 1.82) is 0 Å². The third kappa shape index (κ3) is 2.64. The van der Waals surface area contributed by atoms with Gasteiger partial charge in [-0.15, -0.1) is 0 Å². The Balaban J connectivity index is 2.07. The van der Waals surface area contributed by atoms with E-state index in [2.05, 4.69) is 0 Å². The number of Topliss-reactive ketones (excluding diaryl/α,β-unsaturated/α-hetero) is 1. The zero-order chi connectivity index (χ0) is 13.5. The van der Waals surface area contributed by atoms with Crippen LogP contribution in [0.15, 0.2) is 11.3 Å². The molecule has 1 unspecified atom stereocenters. The molecule has 0 saturated heterocycles. The van der Waals surface area contributed by atoms with Gasteiger partial charge in [-0.3, -0.25) is 9.69 Å². The van der Waals surface area contributed by atoms with E-state index in [1.807, 2.05) is 0 Å². The number of ether oxygens (including phenoxy) is 2. The lowest BCUT2D eigenvalue weighted by atomic mass is 10.0. The van der Waals surface area contributed by atoms with Crippen LogP contribution in [0.1, 0.15) is 27.2 Å². The second kappa shape index (κ2) is 4.28. The number of hydrogen-bond donors (Lipinski definition) is 1. The number of hydrogen-bond acceptors (Lipinski definition) is 5. The first kappa shape index (κ1) is 12.9. The Morgan fingerprint density at radius 1 is 1.44 bits per heavy atom. The summed E-state index contributed by atoms with van der Waals surface area (Å²) in [4.78, 5) is 24.9. The molecule has 1 amide bonds. The maximum absolute atomic E-state index is 11.8. The second-order valence-electron chi connectivity index (χ2n) is 5.44. The van der Waals surface area contributed by atoms with Crippen molar-refractivity contribution < 1.29 is 24.2 Å². The molecule has 100 valence electrons. The predicted molar refractivity (Wildman–Crippen MR) is 61.5 cm³/mol. The van der Waals surface area contributed by atoms with Crippen molar-refractivity contribution in [3.63, 3.8) is 0 Å². The second-order valence-corrected chi connectivity index (χ2v) is 5.44. The Labute approximate surface area is 105 Å². The van der Waals surface area contributed by atoms with E-state index in [1.165, 1.54) is 4.90 Å². The molecule has 6 nitrogen and oxygen atoms in total. The van der Waals surface area contributed by atoms with Gasteiger partial charge in [-0.05, 0) is 20.8 Å². The molecule has 0 aromatic heterocycles. The summed E-state index contributed by atoms with van der Waals surface area (Å²) in [6, 6.07) is 0. The summed E-state index contributed by atoms with van der Waals surface area (Å²) in [5, 5.41) is 9.34. The number of amides is 1. The fourth-order valence-electron chi connectivity index (χ4n) is 1.92. The summed E-state index contributed by atoms with van der Waals surface area (Å²) in [5.74, 6) is 0.184. The molecule has 0 bridgehead atoms. The van der Waals surface area contributed by atoms with Crippen LogP contribution in [0, 0.1) is 0 Å². The molecule has 1 N–H and O–H groups in total. The van der Waals surface area contributed by atoms with Gasteiger partial charge in [-0.25, -0.2) is 4.79 Å². The highest BCUT2D eigenvalue weighted by atomic mass is 16.6. The first-order valence-electron chi connectivity index (χ1n) is 5.84. The zero-order valence-corrected chi connectivity index (χ0v) is 10.7. The van der Waals surface area contributed by atoms with Crippen molar-refractivity contribution in [2.45, 2.75) is 39.1 Å². The predicted octanol–water partition coefficient (Wildman–Crippen LogP) is 0.799. The Morgan fingerprint density at radius 3 is 2.72 bits per heavy atom. The van der Waals surface area contributed by atoms with Crippen molar-refractivity contribution in [1.82, 2.24) is 4.90 Å². The number of aliphatic hydroxyl groups is 1. The van der Waals surface area contributed by atoms with Crippen LogP contribution in [0.25, 0.3) is 0 Å². The largest absolute Gasteiger partial charge is 0.467 e. The molecule has 2 aliphatic heterocycles. The molecular weight excluding hydrogens is 238 g/mol. The SMILES string of the molecule is CC(C)(C)OC(=O)N1CC(=O)C2=C(C1)OC(O)C2. The van der Waals surface area contributed by atoms with E-state index in [4.69, 9.17) is 9.47 Å². The molecule has 0 radical (unpaired) electrons. The van der Waals surface area contributed by atoms with Crippen LogP contribution in [-0.4, -0.2) is 46.9 Å². The van der Waals surface area contributed by atoms with E-state index in [1.54, 1.807) is 20.8 Å². The molecule has 1 atom stereocenters. The molecular formula is C12H17NO5. The van der Waals surface area contributed by atoms with Gasteiger partial charge in [0.2, 0.25) is 6.29 Å². The maximum Gasteiger partial charge on any atom is 0.411 e. The Bertz CT molecular complexity index is 421. The number of rotatable bonds is 0. The summed E-state index contributed by atoms with van der Waals surface area (Å²) in [7, 11) is 0. The fraction of sp³-hybridized carbons (Fsp3) is 0.667. The van der Waals surface area contributed by atoms with Gasteiger partial charge in [0, 0.05) is 12.0 Å². The van der Waals surface area contributed by atoms with Crippen molar-refractivity contribution in [2.24, 2.45) is 0 Å². The number of nitrogens with zero attached hydrogens (tertiary/aromatic N) is 1. The topological polar surface area (TPSA) is 76.1 Å². The van der Waals surface area contributed by atoms with E-state index in [9.17, 15) is 14.7 Å². The third-order valence-electron chi connectivity index (χ3n) is 2.65. The molecule has 0 spiro atoms. The first-order chi connectivity index (χ1) is 8.26. The first-order valence-corrected chi connectivity index (χ1v) is 5.84. The van der Waals surface area contributed by atoms with Gasteiger partial charge in [0.1, 0.15) is 11.4 Å². The van der Waals surface area contributed by atoms with Crippen LogP contribution in [0.2, 0.25) is 0 Å². The Kier molecular flexibility index (Phi) is 3.06. The average Bonchev–Trinajstić information content (AvgIpc) is 2.56. The lowest BCUT2D eigenvalue weighted by molar-refractivity contribution is -0.117.